The Morgan fingerprint density at radius 1 is 1.08 bits per heavy atom. The summed E-state index contributed by atoms with van der Waals surface area (Å²) in [7, 11) is -5.17. The van der Waals surface area contributed by atoms with Crippen molar-refractivity contribution in [2.45, 2.75) is 94.5 Å². The number of hydrogen-bond acceptors (Lipinski definition) is 11. The number of phosphoric acid groups is 1. The Morgan fingerprint density at radius 2 is 1.80 bits per heavy atom. The SMILES string of the molecule is C[C@]12C=CC(=O)C=C1[C@@H](F)C[C@H]1[C@@H]3C[C@H]4O[C@@H](c5ccn(Cc6ccc(NC(=O)[C@H](CCC(=O)O)NC(=O)CNC(=O)CBr)cc6)c5)O[C@@]4(C(=O)COP(=O)(O)O)[C@@]3(C)C[C@H](O)[C@@]12F. The minimum absolute atomic E-state index is 0.0336. The molecule has 3 amide bonds. The first kappa shape index (κ1) is 47.5. The maximum absolute atomic E-state index is 17.8. The number of carboxylic acid groups (broad SMARTS) is 1. The zero-order valence-corrected chi connectivity index (χ0v) is 37.1. The van der Waals surface area contributed by atoms with Crippen LogP contribution in [0.4, 0.5) is 14.5 Å². The summed E-state index contributed by atoms with van der Waals surface area (Å²) in [5.41, 5.74) is -6.17. The number of carbonyl (C=O) groups is 6. The lowest BCUT2D eigenvalue weighted by atomic mass is 9.44. The first-order valence-corrected chi connectivity index (χ1v) is 23.1. The van der Waals surface area contributed by atoms with Crippen molar-refractivity contribution in [3.8, 4) is 0 Å². The van der Waals surface area contributed by atoms with Crippen molar-refractivity contribution in [2.75, 3.05) is 23.8 Å². The number of nitrogens with one attached hydrogen (secondary N) is 3. The molecule has 11 atom stereocenters. The number of carboxylic acids is 1. The lowest BCUT2D eigenvalue weighted by Gasteiger charge is -2.63. The van der Waals surface area contributed by atoms with Gasteiger partial charge in [0.2, 0.25) is 17.7 Å². The van der Waals surface area contributed by atoms with E-state index in [-0.39, 0.29) is 36.7 Å². The molecule has 7 N–H and O–H groups in total. The average Bonchev–Trinajstić information content (AvgIpc) is 3.92. The zero-order valence-electron chi connectivity index (χ0n) is 34.6. The predicted molar refractivity (Wildman–Crippen MR) is 223 cm³/mol. The van der Waals surface area contributed by atoms with Crippen LogP contribution in [0, 0.1) is 22.7 Å². The number of aliphatic carboxylic acids is 1. The first-order chi connectivity index (χ1) is 30.0. The van der Waals surface area contributed by atoms with Gasteiger partial charge < -0.3 is 50.0 Å². The van der Waals surface area contributed by atoms with Gasteiger partial charge >= 0.3 is 13.8 Å². The summed E-state index contributed by atoms with van der Waals surface area (Å²) in [5, 5.41) is 28.4. The van der Waals surface area contributed by atoms with Crippen molar-refractivity contribution < 1.29 is 76.1 Å². The third kappa shape index (κ3) is 8.56. The molecule has 22 heteroatoms. The normalized spacial score (nSPS) is 33.2. The predicted octanol–water partition coefficient (Wildman–Crippen LogP) is 3.10. The number of nitrogens with zero attached hydrogens (tertiary/aromatic N) is 1. The van der Waals surface area contributed by atoms with Gasteiger partial charge in [-0.1, -0.05) is 41.1 Å². The number of rotatable bonds is 16. The van der Waals surface area contributed by atoms with E-state index >= 15 is 8.78 Å². The molecular weight excluding hydrogens is 933 g/mol. The van der Waals surface area contributed by atoms with Crippen LogP contribution in [0.2, 0.25) is 0 Å². The van der Waals surface area contributed by atoms with E-state index in [0.717, 1.165) is 17.7 Å². The fourth-order valence-corrected chi connectivity index (χ4v) is 11.2. The second-order valence-electron chi connectivity index (χ2n) is 17.4. The van der Waals surface area contributed by atoms with Gasteiger partial charge in [-0.05, 0) is 80.0 Å². The molecule has 2 heterocycles. The minimum Gasteiger partial charge on any atom is -0.481 e. The van der Waals surface area contributed by atoms with E-state index in [1.165, 1.54) is 13.0 Å². The summed E-state index contributed by atoms with van der Waals surface area (Å²) in [6.07, 6.45) is -0.421. The molecule has 1 aliphatic heterocycles. The van der Waals surface area contributed by atoms with Crippen LogP contribution in [0.15, 0.2) is 66.5 Å². The molecule has 1 aromatic carbocycles. The molecule has 0 radical (unpaired) electrons. The number of ether oxygens (including phenoxy) is 2. The lowest BCUT2D eigenvalue weighted by molar-refractivity contribution is -0.235. The number of hydrogen-bond donors (Lipinski definition) is 7. The maximum Gasteiger partial charge on any atom is 0.470 e. The van der Waals surface area contributed by atoms with E-state index < -0.39 is 134 Å². The van der Waals surface area contributed by atoms with Crippen LogP contribution in [0.1, 0.15) is 63.4 Å². The van der Waals surface area contributed by atoms with Crippen LogP contribution in [-0.4, -0.2) is 114 Å². The smallest absolute Gasteiger partial charge is 0.470 e. The van der Waals surface area contributed by atoms with E-state index in [2.05, 4.69) is 36.4 Å². The molecule has 1 aromatic heterocycles. The molecule has 0 unspecified atom stereocenters. The van der Waals surface area contributed by atoms with Gasteiger partial charge in [-0.3, -0.25) is 33.3 Å². The molecule has 18 nitrogen and oxygen atoms in total. The van der Waals surface area contributed by atoms with Gasteiger partial charge in [-0.15, -0.1) is 0 Å². The Morgan fingerprint density at radius 3 is 2.47 bits per heavy atom. The molecule has 3 saturated carbocycles. The lowest BCUT2D eigenvalue weighted by Crippen LogP contribution is -2.70. The van der Waals surface area contributed by atoms with Crippen LogP contribution in [0.5, 0.6) is 0 Å². The Balaban J connectivity index is 1.07. The summed E-state index contributed by atoms with van der Waals surface area (Å²) in [6.45, 7) is 1.82. The van der Waals surface area contributed by atoms with Gasteiger partial charge in [0.15, 0.2) is 29.1 Å². The molecular formula is C42H48BrF2N4O14P. The third-order valence-corrected chi connectivity index (χ3v) is 14.6. The molecule has 7 rings (SSSR count). The van der Waals surface area contributed by atoms with Crippen molar-refractivity contribution in [3.63, 3.8) is 0 Å². The van der Waals surface area contributed by atoms with Gasteiger partial charge in [-0.2, -0.15) is 0 Å². The first-order valence-electron chi connectivity index (χ1n) is 20.5. The molecule has 2 aromatic rings. The summed E-state index contributed by atoms with van der Waals surface area (Å²) < 4.78 is 65.1. The third-order valence-electron chi connectivity index (χ3n) is 13.6. The van der Waals surface area contributed by atoms with Crippen molar-refractivity contribution in [2.24, 2.45) is 22.7 Å². The molecule has 4 fully saturated rings. The van der Waals surface area contributed by atoms with Gasteiger partial charge in [0.1, 0.15) is 18.8 Å². The van der Waals surface area contributed by atoms with Crippen LogP contribution < -0.4 is 16.0 Å². The van der Waals surface area contributed by atoms with Gasteiger partial charge in [-0.25, -0.2) is 13.3 Å². The summed E-state index contributed by atoms with van der Waals surface area (Å²) >= 11 is 2.96. The zero-order chi connectivity index (χ0) is 46.6. The number of aliphatic hydroxyl groups excluding tert-OH is 1. The Labute approximate surface area is 373 Å². The molecule has 64 heavy (non-hydrogen) atoms. The van der Waals surface area contributed by atoms with Crippen molar-refractivity contribution in [1.29, 1.82) is 0 Å². The van der Waals surface area contributed by atoms with Crippen LogP contribution >= 0.6 is 23.8 Å². The number of fused-ring (bicyclic) bond motifs is 7. The Kier molecular flexibility index (Phi) is 13.2. The Hall–Kier alpha value is -4.47. The molecule has 4 aliphatic carbocycles. The highest BCUT2D eigenvalue weighted by molar-refractivity contribution is 9.09. The summed E-state index contributed by atoms with van der Waals surface area (Å²) in [6, 6.07) is 7.09. The average molecular weight is 982 g/mol. The number of allylic oxidation sites excluding steroid dienone is 4. The number of aromatic nitrogens is 1. The van der Waals surface area contributed by atoms with Gasteiger partial charge in [0, 0.05) is 53.4 Å². The maximum atomic E-state index is 17.8. The van der Waals surface area contributed by atoms with Gasteiger partial charge in [0.05, 0.1) is 24.1 Å². The fraction of sp³-hybridized carbons (Fsp3) is 0.524. The second-order valence-corrected chi connectivity index (χ2v) is 19.2. The highest BCUT2D eigenvalue weighted by Crippen LogP contribution is 2.72. The second kappa shape index (κ2) is 17.7. The topological polar surface area (TPSA) is 269 Å². The van der Waals surface area contributed by atoms with Crippen LogP contribution in [0.3, 0.4) is 0 Å². The number of halogens is 3. The molecule has 1 saturated heterocycles. The number of amides is 3. The molecule has 346 valence electrons. The van der Waals surface area contributed by atoms with E-state index in [0.29, 0.717) is 11.3 Å². The monoisotopic (exact) mass is 980 g/mol. The molecule has 0 bridgehead atoms. The highest BCUT2D eigenvalue weighted by atomic mass is 79.9. The van der Waals surface area contributed by atoms with Crippen molar-refractivity contribution >= 4 is 64.7 Å². The fourth-order valence-electron chi connectivity index (χ4n) is 10.7. The van der Waals surface area contributed by atoms with E-state index in [9.17, 15) is 48.2 Å². The van der Waals surface area contributed by atoms with E-state index in [1.54, 1.807) is 54.2 Å². The number of alkyl halides is 3. The van der Waals surface area contributed by atoms with E-state index in [4.69, 9.17) is 14.6 Å². The quantitative estimate of drug-likeness (QED) is 0.0942. The minimum atomic E-state index is -5.17. The number of anilines is 1. The van der Waals surface area contributed by atoms with Gasteiger partial charge in [0.25, 0.3) is 0 Å². The number of Topliss-reactive ketones (excluding diaryl/α,β-unsaturated/α-hetero) is 1. The largest absolute Gasteiger partial charge is 0.481 e. The molecule has 5 aliphatic rings. The summed E-state index contributed by atoms with van der Waals surface area (Å²) in [5.74, 6) is -6.42. The van der Waals surface area contributed by atoms with Crippen LogP contribution in [-0.2, 0) is 53.9 Å². The Bertz CT molecular complexity index is 2340. The number of carbonyl (C=O) groups excluding carboxylic acids is 5. The number of ketones is 2. The number of aliphatic hydroxyl groups is 1. The van der Waals surface area contributed by atoms with Crippen molar-refractivity contribution in [1.82, 2.24) is 15.2 Å². The standard InChI is InChI=1S/C42H48BrF2N4O14P/c1-39-11-9-25(50)13-28(39)29(44)14-27-26-15-33-42(32(52)21-61-64(58,59)60,40(26,2)16-31(51)41(27,39)45)63-38(62-33)23-10-12-49(20-23)19-22-3-5-24(6-4-22)47-37(57)30(7-8-36(55)56)48-35(54)18-46-34(53)17-43/h3-6,9-13,20,26-27,29-31,33,38,51H,7-8,14-19,21H2,1-2H3,(H,46,53)(H,47,57)(H,48,54)(H,55,56)(H2,58,59,60)/t26-,27-,29-,30-,31-,33+,38+,39-,40-,41-,42+/m0/s1. The number of phosphoric ester groups is 1. The van der Waals surface area contributed by atoms with Crippen LogP contribution in [0.25, 0.3) is 0 Å². The van der Waals surface area contributed by atoms with E-state index in [1.807, 2.05) is 0 Å². The number of benzene rings is 1. The van der Waals surface area contributed by atoms with Crippen molar-refractivity contribution in [3.05, 3.63) is 77.7 Å². The molecule has 0 spiro atoms. The highest BCUT2D eigenvalue weighted by Gasteiger charge is 2.80. The summed E-state index contributed by atoms with van der Waals surface area (Å²) in [4.78, 5) is 93.8.